The maximum absolute atomic E-state index is 2.65. The van der Waals surface area contributed by atoms with Gasteiger partial charge in [-0.15, -0.1) is 0 Å². The molecule has 26 heavy (non-hydrogen) atoms. The van der Waals surface area contributed by atoms with Gasteiger partial charge in [0.15, 0.2) is 0 Å². The highest BCUT2D eigenvalue weighted by atomic mass is 15.2. The second-order valence-electron chi connectivity index (χ2n) is 7.84. The van der Waals surface area contributed by atoms with Crippen LogP contribution in [0.5, 0.6) is 0 Å². The van der Waals surface area contributed by atoms with E-state index >= 15 is 0 Å². The molecule has 1 spiro atoms. The van der Waals surface area contributed by atoms with Crippen molar-refractivity contribution in [1.82, 2.24) is 4.90 Å². The van der Waals surface area contributed by atoms with Gasteiger partial charge >= 0.3 is 0 Å². The predicted octanol–water partition coefficient (Wildman–Crippen LogP) is 4.98. The minimum Gasteiger partial charge on any atom is -0.298 e. The Labute approximate surface area is 156 Å². The van der Waals surface area contributed by atoms with E-state index in [9.17, 15) is 0 Å². The summed E-state index contributed by atoms with van der Waals surface area (Å²) < 4.78 is 0. The van der Waals surface area contributed by atoms with Crippen LogP contribution in [0, 0.1) is 0 Å². The lowest BCUT2D eigenvalue weighted by Crippen LogP contribution is -2.33. The average Bonchev–Trinajstić information content (AvgIpc) is 3.06. The third kappa shape index (κ3) is 2.59. The monoisotopic (exact) mass is 339 g/mol. The van der Waals surface area contributed by atoms with Crippen molar-refractivity contribution < 1.29 is 0 Å². The summed E-state index contributed by atoms with van der Waals surface area (Å²) in [6.45, 7) is 3.33. The van der Waals surface area contributed by atoms with E-state index in [-0.39, 0.29) is 5.41 Å². The highest BCUT2D eigenvalue weighted by Gasteiger charge is 2.44. The van der Waals surface area contributed by atoms with Gasteiger partial charge in [0, 0.05) is 18.5 Å². The summed E-state index contributed by atoms with van der Waals surface area (Å²) in [6.07, 6.45) is 3.54. The molecule has 1 aliphatic carbocycles. The van der Waals surface area contributed by atoms with E-state index in [1.165, 1.54) is 12.0 Å². The smallest absolute Gasteiger partial charge is 0.0347 e. The number of aryl methyl sites for hydroxylation is 2. The van der Waals surface area contributed by atoms with Gasteiger partial charge in [-0.1, -0.05) is 78.9 Å². The Morgan fingerprint density at radius 3 is 1.92 bits per heavy atom. The van der Waals surface area contributed by atoms with Crippen molar-refractivity contribution in [1.29, 1.82) is 0 Å². The Bertz CT molecular complexity index is 865. The van der Waals surface area contributed by atoms with Gasteiger partial charge in [-0.05, 0) is 53.6 Å². The lowest BCUT2D eigenvalue weighted by atomic mass is 9.72. The summed E-state index contributed by atoms with van der Waals surface area (Å²) in [5.41, 5.74) is 7.80. The first-order chi connectivity index (χ1) is 12.9. The molecule has 1 heterocycles. The maximum atomic E-state index is 2.65. The molecule has 1 saturated heterocycles. The summed E-state index contributed by atoms with van der Waals surface area (Å²) in [5.74, 6) is 0. The minimum absolute atomic E-state index is 0.151. The number of nitrogens with zero attached hydrogens (tertiary/aromatic N) is 1. The molecule has 1 nitrogen and oxygen atoms in total. The van der Waals surface area contributed by atoms with E-state index < -0.39 is 0 Å². The summed E-state index contributed by atoms with van der Waals surface area (Å²) in [5, 5.41) is 0. The maximum Gasteiger partial charge on any atom is 0.0347 e. The fourth-order valence-corrected chi connectivity index (χ4v) is 5.13. The highest BCUT2D eigenvalue weighted by Crippen LogP contribution is 2.46. The lowest BCUT2D eigenvalue weighted by Gasteiger charge is -2.32. The van der Waals surface area contributed by atoms with Crippen molar-refractivity contribution in [2.24, 2.45) is 0 Å². The zero-order valence-electron chi connectivity index (χ0n) is 15.2. The van der Waals surface area contributed by atoms with Crippen LogP contribution in [-0.4, -0.2) is 18.0 Å². The quantitative estimate of drug-likeness (QED) is 0.637. The second kappa shape index (κ2) is 6.41. The van der Waals surface area contributed by atoms with Crippen LogP contribution in [0.1, 0.15) is 34.2 Å². The molecule has 0 N–H and O–H groups in total. The van der Waals surface area contributed by atoms with Gasteiger partial charge < -0.3 is 0 Å². The molecule has 0 amide bonds. The summed E-state index contributed by atoms with van der Waals surface area (Å²) in [7, 11) is 0. The van der Waals surface area contributed by atoms with Crippen LogP contribution in [0.25, 0.3) is 0 Å². The molecule has 3 aromatic carbocycles. The van der Waals surface area contributed by atoms with Crippen molar-refractivity contribution in [3.05, 3.63) is 107 Å². The summed E-state index contributed by atoms with van der Waals surface area (Å²) >= 11 is 0. The van der Waals surface area contributed by atoms with Crippen molar-refractivity contribution >= 4 is 0 Å². The Kier molecular flexibility index (Phi) is 3.90. The fraction of sp³-hybridized carbons (Fsp3) is 0.280. The first-order valence-electron chi connectivity index (χ1n) is 9.78. The van der Waals surface area contributed by atoms with Crippen LogP contribution < -0.4 is 0 Å². The molecule has 5 rings (SSSR count). The zero-order valence-corrected chi connectivity index (χ0v) is 15.2. The predicted molar refractivity (Wildman–Crippen MR) is 107 cm³/mol. The van der Waals surface area contributed by atoms with Crippen LogP contribution in [0.2, 0.25) is 0 Å². The van der Waals surface area contributed by atoms with Crippen molar-refractivity contribution in [2.45, 2.75) is 31.2 Å². The summed E-state index contributed by atoms with van der Waals surface area (Å²) in [6, 6.07) is 29.3. The van der Waals surface area contributed by atoms with Gasteiger partial charge in [0.05, 0.1) is 0 Å². The lowest BCUT2D eigenvalue weighted by molar-refractivity contribution is 0.314. The SMILES string of the molecule is c1ccc(CN2CCC3(C2)c2ccccc2CCc2ccccc23)cc1. The fourth-order valence-electron chi connectivity index (χ4n) is 5.13. The number of benzene rings is 3. The molecule has 0 radical (unpaired) electrons. The van der Waals surface area contributed by atoms with Gasteiger partial charge in [0.25, 0.3) is 0 Å². The standard InChI is InChI=1S/C25H25N/c1-2-8-20(9-3-1)18-26-17-16-25(19-26)23-12-6-4-10-21(23)14-15-22-11-5-7-13-24(22)25/h1-13H,14-19H2. The van der Waals surface area contributed by atoms with E-state index in [2.05, 4.69) is 83.8 Å². The van der Waals surface area contributed by atoms with Gasteiger partial charge in [0.2, 0.25) is 0 Å². The Morgan fingerprint density at radius 1 is 0.692 bits per heavy atom. The van der Waals surface area contributed by atoms with E-state index in [1.807, 2.05) is 0 Å². The first kappa shape index (κ1) is 15.8. The Hall–Kier alpha value is -2.38. The molecule has 130 valence electrons. The van der Waals surface area contributed by atoms with Crippen LogP contribution >= 0.6 is 0 Å². The minimum atomic E-state index is 0.151. The van der Waals surface area contributed by atoms with E-state index in [0.717, 1.165) is 32.5 Å². The third-order valence-corrected chi connectivity index (χ3v) is 6.33. The molecule has 1 fully saturated rings. The Balaban J connectivity index is 1.57. The average molecular weight is 339 g/mol. The van der Waals surface area contributed by atoms with Crippen LogP contribution in [0.3, 0.4) is 0 Å². The third-order valence-electron chi connectivity index (χ3n) is 6.33. The zero-order chi connectivity index (χ0) is 17.4. The molecular weight excluding hydrogens is 314 g/mol. The molecule has 0 aromatic heterocycles. The molecule has 2 aliphatic rings. The van der Waals surface area contributed by atoms with Crippen LogP contribution in [-0.2, 0) is 24.8 Å². The first-order valence-corrected chi connectivity index (χ1v) is 9.78. The van der Waals surface area contributed by atoms with E-state index in [0.29, 0.717) is 0 Å². The summed E-state index contributed by atoms with van der Waals surface area (Å²) in [4.78, 5) is 2.65. The van der Waals surface area contributed by atoms with Crippen LogP contribution in [0.15, 0.2) is 78.9 Å². The molecule has 0 unspecified atom stereocenters. The molecule has 1 heteroatoms. The highest BCUT2D eigenvalue weighted by molar-refractivity contribution is 5.51. The largest absolute Gasteiger partial charge is 0.298 e. The molecule has 0 atom stereocenters. The van der Waals surface area contributed by atoms with Gasteiger partial charge in [-0.25, -0.2) is 0 Å². The second-order valence-corrected chi connectivity index (χ2v) is 7.84. The van der Waals surface area contributed by atoms with Crippen LogP contribution in [0.4, 0.5) is 0 Å². The molecule has 0 bridgehead atoms. The molecular formula is C25H25N. The number of fused-ring (bicyclic) bond motifs is 4. The number of hydrogen-bond donors (Lipinski definition) is 0. The van der Waals surface area contributed by atoms with Gasteiger partial charge in [0.1, 0.15) is 0 Å². The normalized spacial score (nSPS) is 18.3. The van der Waals surface area contributed by atoms with E-state index in [4.69, 9.17) is 0 Å². The number of rotatable bonds is 2. The number of hydrogen-bond acceptors (Lipinski definition) is 1. The van der Waals surface area contributed by atoms with E-state index in [1.54, 1.807) is 22.3 Å². The molecule has 3 aromatic rings. The van der Waals surface area contributed by atoms with Crippen molar-refractivity contribution in [2.75, 3.05) is 13.1 Å². The molecule has 1 aliphatic heterocycles. The van der Waals surface area contributed by atoms with Crippen molar-refractivity contribution in [3.63, 3.8) is 0 Å². The van der Waals surface area contributed by atoms with Gasteiger partial charge in [-0.2, -0.15) is 0 Å². The Morgan fingerprint density at radius 2 is 1.27 bits per heavy atom. The van der Waals surface area contributed by atoms with Crippen molar-refractivity contribution in [3.8, 4) is 0 Å². The number of likely N-dealkylation sites (tertiary alicyclic amines) is 1. The van der Waals surface area contributed by atoms with Gasteiger partial charge in [-0.3, -0.25) is 4.90 Å². The topological polar surface area (TPSA) is 3.24 Å². The molecule has 0 saturated carbocycles.